The molecular formula is C13H18N2O5S. The number of hydrogen-bond acceptors (Lipinski definition) is 6. The lowest BCUT2D eigenvalue weighted by molar-refractivity contribution is -0.385. The van der Waals surface area contributed by atoms with Crippen molar-refractivity contribution in [1.29, 1.82) is 0 Å². The molecule has 8 heteroatoms. The molecule has 0 bridgehead atoms. The Morgan fingerprint density at radius 3 is 2.71 bits per heavy atom. The number of nitro groups is 1. The smallest absolute Gasteiger partial charge is 0.333 e. The second-order valence-corrected chi connectivity index (χ2v) is 7.45. The van der Waals surface area contributed by atoms with Crippen LogP contribution in [-0.2, 0) is 9.84 Å². The van der Waals surface area contributed by atoms with E-state index < -0.39 is 20.0 Å². The van der Waals surface area contributed by atoms with Crippen LogP contribution < -0.4 is 9.64 Å². The maximum atomic E-state index is 11.7. The van der Waals surface area contributed by atoms with Gasteiger partial charge < -0.3 is 9.64 Å². The number of piperidine rings is 1. The standard InChI is InChI=1S/C13H18N2O5S/c1-20-12-7-3-6-11(13(12)15(16)17)14-8-4-5-10(9-14)21(2,18)19/h3,6-7,10H,4-5,8-9H2,1-2H3. The maximum Gasteiger partial charge on any atom is 0.333 e. The van der Waals surface area contributed by atoms with Gasteiger partial charge >= 0.3 is 5.69 Å². The highest BCUT2D eigenvalue weighted by Gasteiger charge is 2.32. The van der Waals surface area contributed by atoms with Crippen molar-refractivity contribution in [3.63, 3.8) is 0 Å². The van der Waals surface area contributed by atoms with E-state index in [2.05, 4.69) is 0 Å². The van der Waals surface area contributed by atoms with Crippen LogP contribution in [0.5, 0.6) is 5.75 Å². The fourth-order valence-corrected chi connectivity index (χ4v) is 3.67. The first kappa shape index (κ1) is 15.6. The van der Waals surface area contributed by atoms with E-state index in [1.165, 1.54) is 19.4 Å². The number of methoxy groups -OCH3 is 1. The van der Waals surface area contributed by atoms with Gasteiger partial charge in [0, 0.05) is 19.3 Å². The van der Waals surface area contributed by atoms with E-state index in [-0.39, 0.29) is 18.0 Å². The van der Waals surface area contributed by atoms with Crippen LogP contribution in [-0.4, -0.2) is 45.0 Å². The quantitative estimate of drug-likeness (QED) is 0.619. The minimum Gasteiger partial charge on any atom is -0.490 e. The van der Waals surface area contributed by atoms with Crippen molar-refractivity contribution in [2.24, 2.45) is 0 Å². The highest BCUT2D eigenvalue weighted by atomic mass is 32.2. The number of para-hydroxylation sites is 1. The number of ether oxygens (including phenoxy) is 1. The van der Waals surface area contributed by atoms with E-state index >= 15 is 0 Å². The van der Waals surface area contributed by atoms with Gasteiger partial charge in [0.05, 0.1) is 17.3 Å². The van der Waals surface area contributed by atoms with Gasteiger partial charge in [0.15, 0.2) is 15.6 Å². The number of anilines is 1. The van der Waals surface area contributed by atoms with Gasteiger partial charge in [-0.15, -0.1) is 0 Å². The number of nitro benzene ring substituents is 1. The Hall–Kier alpha value is -1.83. The predicted octanol–water partition coefficient (Wildman–Crippen LogP) is 1.62. The Labute approximate surface area is 123 Å². The first-order valence-corrected chi connectivity index (χ1v) is 8.55. The third-order valence-corrected chi connectivity index (χ3v) is 5.30. The van der Waals surface area contributed by atoms with E-state index in [9.17, 15) is 18.5 Å². The minimum atomic E-state index is -3.16. The van der Waals surface area contributed by atoms with Crippen molar-refractivity contribution in [2.45, 2.75) is 18.1 Å². The SMILES string of the molecule is COc1cccc(N2CCCC(S(C)(=O)=O)C2)c1[N+](=O)[O-]. The summed E-state index contributed by atoms with van der Waals surface area (Å²) >= 11 is 0. The fraction of sp³-hybridized carbons (Fsp3) is 0.538. The summed E-state index contributed by atoms with van der Waals surface area (Å²) in [7, 11) is -1.78. The summed E-state index contributed by atoms with van der Waals surface area (Å²) in [5, 5.41) is 10.8. The average molecular weight is 314 g/mol. The van der Waals surface area contributed by atoms with Gasteiger partial charge in [-0.05, 0) is 25.0 Å². The van der Waals surface area contributed by atoms with E-state index in [1.807, 2.05) is 0 Å². The Bertz CT molecular complexity index is 644. The van der Waals surface area contributed by atoms with Gasteiger partial charge in [0.25, 0.3) is 0 Å². The topological polar surface area (TPSA) is 89.8 Å². The summed E-state index contributed by atoms with van der Waals surface area (Å²) in [6, 6.07) is 4.83. The molecule has 0 aromatic heterocycles. The summed E-state index contributed by atoms with van der Waals surface area (Å²) in [4.78, 5) is 12.6. The lowest BCUT2D eigenvalue weighted by Crippen LogP contribution is -2.42. The van der Waals surface area contributed by atoms with Crippen LogP contribution in [0.1, 0.15) is 12.8 Å². The molecule has 1 aliphatic rings. The molecule has 1 aromatic rings. The van der Waals surface area contributed by atoms with Gasteiger partial charge in [-0.25, -0.2) is 8.42 Å². The van der Waals surface area contributed by atoms with Crippen LogP contribution in [0.4, 0.5) is 11.4 Å². The van der Waals surface area contributed by atoms with Crippen molar-refractivity contribution in [2.75, 3.05) is 31.4 Å². The molecule has 1 fully saturated rings. The lowest BCUT2D eigenvalue weighted by Gasteiger charge is -2.33. The first-order chi connectivity index (χ1) is 9.84. The van der Waals surface area contributed by atoms with E-state index in [1.54, 1.807) is 17.0 Å². The molecule has 7 nitrogen and oxygen atoms in total. The van der Waals surface area contributed by atoms with Crippen molar-refractivity contribution in [3.8, 4) is 5.75 Å². The predicted molar refractivity (Wildman–Crippen MR) is 79.7 cm³/mol. The molecule has 116 valence electrons. The number of rotatable bonds is 4. The van der Waals surface area contributed by atoms with Crippen molar-refractivity contribution in [3.05, 3.63) is 28.3 Å². The summed E-state index contributed by atoms with van der Waals surface area (Å²) in [5.41, 5.74) is 0.293. The highest BCUT2D eigenvalue weighted by molar-refractivity contribution is 7.91. The van der Waals surface area contributed by atoms with Crippen LogP contribution in [0.3, 0.4) is 0 Å². The zero-order chi connectivity index (χ0) is 15.6. The fourth-order valence-electron chi connectivity index (χ4n) is 2.62. The molecule has 1 heterocycles. The summed E-state index contributed by atoms with van der Waals surface area (Å²) in [6.07, 6.45) is 2.49. The summed E-state index contributed by atoms with van der Waals surface area (Å²) in [5.74, 6) is 0.180. The maximum absolute atomic E-state index is 11.7. The van der Waals surface area contributed by atoms with Crippen molar-refractivity contribution < 1.29 is 18.1 Å². The lowest BCUT2D eigenvalue weighted by atomic mass is 10.1. The summed E-state index contributed by atoms with van der Waals surface area (Å²) < 4.78 is 28.5. The Morgan fingerprint density at radius 2 is 2.14 bits per heavy atom. The molecule has 0 spiro atoms. The van der Waals surface area contributed by atoms with Gasteiger partial charge in [-0.3, -0.25) is 10.1 Å². The number of nitrogens with zero attached hydrogens (tertiary/aromatic N) is 2. The summed E-state index contributed by atoms with van der Waals surface area (Å²) in [6.45, 7) is 0.868. The largest absolute Gasteiger partial charge is 0.490 e. The molecule has 2 rings (SSSR count). The van der Waals surface area contributed by atoms with Gasteiger partial charge in [-0.2, -0.15) is 0 Å². The molecule has 1 unspecified atom stereocenters. The van der Waals surface area contributed by atoms with Gasteiger partial charge in [-0.1, -0.05) is 6.07 Å². The Balaban J connectivity index is 2.40. The molecule has 1 aromatic carbocycles. The molecule has 1 atom stereocenters. The van der Waals surface area contributed by atoms with E-state index in [0.29, 0.717) is 25.1 Å². The molecule has 0 saturated carbocycles. The van der Waals surface area contributed by atoms with Crippen LogP contribution in [0.15, 0.2) is 18.2 Å². The molecule has 0 radical (unpaired) electrons. The van der Waals surface area contributed by atoms with Gasteiger partial charge in [0.1, 0.15) is 5.69 Å². The van der Waals surface area contributed by atoms with Crippen molar-refractivity contribution >= 4 is 21.2 Å². The second kappa shape index (κ2) is 5.88. The van der Waals surface area contributed by atoms with E-state index in [0.717, 1.165) is 0 Å². The molecule has 0 N–H and O–H groups in total. The van der Waals surface area contributed by atoms with Gasteiger partial charge in [0.2, 0.25) is 0 Å². The minimum absolute atomic E-state index is 0.117. The molecule has 0 aliphatic carbocycles. The Morgan fingerprint density at radius 1 is 1.43 bits per heavy atom. The highest BCUT2D eigenvalue weighted by Crippen LogP contribution is 2.38. The number of hydrogen-bond donors (Lipinski definition) is 0. The number of benzene rings is 1. The third kappa shape index (κ3) is 3.26. The second-order valence-electron chi connectivity index (χ2n) is 5.12. The van der Waals surface area contributed by atoms with E-state index in [4.69, 9.17) is 4.74 Å². The zero-order valence-electron chi connectivity index (χ0n) is 12.0. The number of sulfone groups is 1. The molecule has 1 aliphatic heterocycles. The molecular weight excluding hydrogens is 296 g/mol. The normalized spacial score (nSPS) is 19.3. The van der Waals surface area contributed by atoms with Crippen LogP contribution in [0, 0.1) is 10.1 Å². The average Bonchev–Trinajstić information content (AvgIpc) is 2.45. The van der Waals surface area contributed by atoms with Crippen molar-refractivity contribution in [1.82, 2.24) is 0 Å². The van der Waals surface area contributed by atoms with Crippen LogP contribution >= 0.6 is 0 Å². The zero-order valence-corrected chi connectivity index (χ0v) is 12.8. The van der Waals surface area contributed by atoms with Crippen LogP contribution in [0.2, 0.25) is 0 Å². The monoisotopic (exact) mass is 314 g/mol. The molecule has 21 heavy (non-hydrogen) atoms. The van der Waals surface area contributed by atoms with Crippen LogP contribution in [0.25, 0.3) is 0 Å². The third-order valence-electron chi connectivity index (χ3n) is 3.70. The molecule has 1 saturated heterocycles. The Kier molecular flexibility index (Phi) is 4.36. The molecule has 0 amide bonds. The first-order valence-electron chi connectivity index (χ1n) is 6.59.